The highest BCUT2D eigenvalue weighted by molar-refractivity contribution is 9.10. The summed E-state index contributed by atoms with van der Waals surface area (Å²) in [6.07, 6.45) is 5.06. The lowest BCUT2D eigenvalue weighted by Crippen LogP contribution is -2.31. The molecule has 1 aliphatic rings. The minimum absolute atomic E-state index is 0.183. The summed E-state index contributed by atoms with van der Waals surface area (Å²) in [4.78, 5) is 4.33. The van der Waals surface area contributed by atoms with E-state index >= 15 is 0 Å². The van der Waals surface area contributed by atoms with Crippen LogP contribution >= 0.6 is 15.9 Å². The predicted octanol–water partition coefficient (Wildman–Crippen LogP) is 3.77. The first-order valence-corrected chi connectivity index (χ1v) is 10.1. The zero-order valence-electron chi connectivity index (χ0n) is 13.4. The van der Waals surface area contributed by atoms with Gasteiger partial charge in [-0.15, -0.1) is 0 Å². The van der Waals surface area contributed by atoms with Crippen molar-refractivity contribution in [2.75, 3.05) is 13.2 Å². The molecule has 128 valence electrons. The zero-order chi connectivity index (χ0) is 17.2. The van der Waals surface area contributed by atoms with Crippen LogP contribution in [0.2, 0.25) is 0 Å². The van der Waals surface area contributed by atoms with Gasteiger partial charge in [0, 0.05) is 23.4 Å². The molecular formula is C17H19BrN2O3S. The topological polar surface area (TPSA) is 59.5 Å². The van der Waals surface area contributed by atoms with Crippen molar-refractivity contribution in [1.82, 2.24) is 9.29 Å². The van der Waals surface area contributed by atoms with E-state index < -0.39 is 10.0 Å². The van der Waals surface area contributed by atoms with E-state index in [0.29, 0.717) is 23.4 Å². The lowest BCUT2D eigenvalue weighted by Gasteiger charge is -2.25. The van der Waals surface area contributed by atoms with Gasteiger partial charge in [-0.2, -0.15) is 4.31 Å². The second-order valence-corrected chi connectivity index (χ2v) is 8.36. The summed E-state index contributed by atoms with van der Waals surface area (Å²) < 4.78 is 34.4. The Hall–Kier alpha value is -1.44. The van der Waals surface area contributed by atoms with Crippen molar-refractivity contribution < 1.29 is 13.2 Å². The van der Waals surface area contributed by atoms with Gasteiger partial charge < -0.3 is 4.74 Å². The third-order valence-corrected chi connectivity index (χ3v) is 6.49. The highest BCUT2D eigenvalue weighted by Gasteiger charge is 2.37. The summed E-state index contributed by atoms with van der Waals surface area (Å²) in [5, 5.41) is 0. The molecule has 0 radical (unpaired) electrons. The molecule has 0 aliphatic carbocycles. The van der Waals surface area contributed by atoms with Gasteiger partial charge in [0.2, 0.25) is 10.0 Å². The number of hydrogen-bond donors (Lipinski definition) is 0. The van der Waals surface area contributed by atoms with Crippen LogP contribution in [-0.4, -0.2) is 30.9 Å². The average Bonchev–Trinajstić information content (AvgIpc) is 3.08. The van der Waals surface area contributed by atoms with Crippen LogP contribution < -0.4 is 4.74 Å². The van der Waals surface area contributed by atoms with Gasteiger partial charge in [0.15, 0.2) is 0 Å². The highest BCUT2D eigenvalue weighted by atomic mass is 79.9. The van der Waals surface area contributed by atoms with Crippen molar-refractivity contribution in [1.29, 1.82) is 0 Å². The largest absolute Gasteiger partial charge is 0.492 e. The molecule has 1 aliphatic heterocycles. The van der Waals surface area contributed by atoms with Crippen LogP contribution in [0.15, 0.2) is 52.1 Å². The van der Waals surface area contributed by atoms with Gasteiger partial charge in [-0.25, -0.2) is 8.42 Å². The zero-order valence-corrected chi connectivity index (χ0v) is 15.8. The number of benzene rings is 1. The smallest absolute Gasteiger partial charge is 0.247 e. The second-order valence-electron chi connectivity index (χ2n) is 5.58. The van der Waals surface area contributed by atoms with E-state index in [0.717, 1.165) is 18.4 Å². The summed E-state index contributed by atoms with van der Waals surface area (Å²) in [5.41, 5.74) is 0.923. The monoisotopic (exact) mass is 410 g/mol. The number of aromatic nitrogens is 1. The molecule has 24 heavy (non-hydrogen) atoms. The lowest BCUT2D eigenvalue weighted by molar-refractivity contribution is 0.327. The molecule has 1 saturated heterocycles. The third-order valence-electron chi connectivity index (χ3n) is 4.07. The van der Waals surface area contributed by atoms with Crippen LogP contribution in [0.3, 0.4) is 0 Å². The van der Waals surface area contributed by atoms with Crippen molar-refractivity contribution in [3.8, 4) is 5.75 Å². The molecule has 1 aromatic carbocycles. The van der Waals surface area contributed by atoms with E-state index in [9.17, 15) is 8.42 Å². The van der Waals surface area contributed by atoms with Crippen molar-refractivity contribution >= 4 is 26.0 Å². The Morgan fingerprint density at radius 1 is 1.38 bits per heavy atom. The standard InChI is InChI=1S/C17H19BrN2O3S/c1-2-23-16-8-7-14(18)11-17(16)24(21,22)20-10-4-6-15(20)13-5-3-9-19-12-13/h3,5,7-9,11-12,15H,2,4,6,10H2,1H3. The van der Waals surface area contributed by atoms with Crippen molar-refractivity contribution in [2.24, 2.45) is 0 Å². The second kappa shape index (κ2) is 7.21. The fraction of sp³-hybridized carbons (Fsp3) is 0.353. The Kier molecular flexibility index (Phi) is 5.22. The van der Waals surface area contributed by atoms with Gasteiger partial charge in [0.25, 0.3) is 0 Å². The molecule has 3 rings (SSSR count). The van der Waals surface area contributed by atoms with E-state index in [1.165, 1.54) is 0 Å². The van der Waals surface area contributed by atoms with Crippen LogP contribution in [0.25, 0.3) is 0 Å². The Morgan fingerprint density at radius 2 is 2.21 bits per heavy atom. The maximum atomic E-state index is 13.3. The molecule has 0 saturated carbocycles. The van der Waals surface area contributed by atoms with Gasteiger partial charge in [-0.05, 0) is 49.6 Å². The first kappa shape index (κ1) is 17.4. The number of ether oxygens (including phenoxy) is 1. The molecule has 5 nitrogen and oxygen atoms in total. The molecule has 0 N–H and O–H groups in total. The first-order valence-electron chi connectivity index (χ1n) is 7.88. The number of halogens is 1. The number of sulfonamides is 1. The van der Waals surface area contributed by atoms with Crippen LogP contribution in [0.1, 0.15) is 31.4 Å². The molecule has 1 atom stereocenters. The van der Waals surface area contributed by atoms with E-state index in [1.54, 1.807) is 34.9 Å². The lowest BCUT2D eigenvalue weighted by atomic mass is 10.1. The number of nitrogens with zero attached hydrogens (tertiary/aromatic N) is 2. The summed E-state index contributed by atoms with van der Waals surface area (Å²) in [6, 6.07) is 8.66. The summed E-state index contributed by atoms with van der Waals surface area (Å²) in [7, 11) is -3.66. The van der Waals surface area contributed by atoms with Gasteiger partial charge >= 0.3 is 0 Å². The Bertz CT molecular complexity index is 812. The number of hydrogen-bond acceptors (Lipinski definition) is 4. The Morgan fingerprint density at radius 3 is 2.92 bits per heavy atom. The highest BCUT2D eigenvalue weighted by Crippen LogP contribution is 2.39. The number of rotatable bonds is 5. The van der Waals surface area contributed by atoms with Crippen LogP contribution in [0, 0.1) is 0 Å². The molecule has 1 fully saturated rings. The first-order chi connectivity index (χ1) is 11.5. The third kappa shape index (κ3) is 3.34. The van der Waals surface area contributed by atoms with Crippen LogP contribution in [-0.2, 0) is 10.0 Å². The van der Waals surface area contributed by atoms with Gasteiger partial charge in [0.05, 0.1) is 12.6 Å². The van der Waals surface area contributed by atoms with Gasteiger partial charge in [-0.1, -0.05) is 22.0 Å². The molecule has 2 aromatic rings. The normalized spacial score (nSPS) is 18.7. The molecule has 0 bridgehead atoms. The van der Waals surface area contributed by atoms with Crippen LogP contribution in [0.4, 0.5) is 0 Å². The fourth-order valence-corrected chi connectivity index (χ4v) is 5.37. The van der Waals surface area contributed by atoms with Crippen molar-refractivity contribution in [2.45, 2.75) is 30.7 Å². The summed E-state index contributed by atoms with van der Waals surface area (Å²) in [5.74, 6) is 0.387. The van der Waals surface area contributed by atoms with Crippen molar-refractivity contribution in [3.63, 3.8) is 0 Å². The van der Waals surface area contributed by atoms with E-state index in [2.05, 4.69) is 20.9 Å². The van der Waals surface area contributed by atoms with E-state index in [1.807, 2.05) is 19.1 Å². The van der Waals surface area contributed by atoms with Crippen molar-refractivity contribution in [3.05, 3.63) is 52.8 Å². The fourth-order valence-electron chi connectivity index (χ4n) is 3.02. The molecule has 1 aromatic heterocycles. The number of pyridine rings is 1. The molecule has 1 unspecified atom stereocenters. The molecule has 0 amide bonds. The summed E-state index contributed by atoms with van der Waals surface area (Å²) >= 11 is 3.36. The summed E-state index contributed by atoms with van der Waals surface area (Å²) in [6.45, 7) is 2.75. The predicted molar refractivity (Wildman–Crippen MR) is 95.4 cm³/mol. The molecule has 0 spiro atoms. The van der Waals surface area contributed by atoms with E-state index in [4.69, 9.17) is 4.74 Å². The maximum absolute atomic E-state index is 13.3. The van der Waals surface area contributed by atoms with Crippen LogP contribution in [0.5, 0.6) is 5.75 Å². The quantitative estimate of drug-likeness (QED) is 0.752. The minimum Gasteiger partial charge on any atom is -0.492 e. The maximum Gasteiger partial charge on any atom is 0.247 e. The Labute approximate surface area is 150 Å². The van der Waals surface area contributed by atoms with E-state index in [-0.39, 0.29) is 10.9 Å². The van der Waals surface area contributed by atoms with Gasteiger partial charge in [0.1, 0.15) is 10.6 Å². The minimum atomic E-state index is -3.66. The molecule has 2 heterocycles. The average molecular weight is 411 g/mol. The molecular weight excluding hydrogens is 392 g/mol. The SMILES string of the molecule is CCOc1ccc(Br)cc1S(=O)(=O)N1CCCC1c1cccnc1. The van der Waals surface area contributed by atoms with Gasteiger partial charge in [-0.3, -0.25) is 4.98 Å². The molecule has 7 heteroatoms. The Balaban J connectivity index is 2.03.